The van der Waals surface area contributed by atoms with E-state index in [9.17, 15) is 8.42 Å². The number of furan rings is 1. The summed E-state index contributed by atoms with van der Waals surface area (Å²) in [6, 6.07) is 10.5. The van der Waals surface area contributed by atoms with Gasteiger partial charge in [0.2, 0.25) is 10.0 Å². The topological polar surface area (TPSA) is 53.8 Å². The van der Waals surface area contributed by atoms with Gasteiger partial charge in [0.1, 0.15) is 16.4 Å². The molecule has 0 atom stereocenters. The molecule has 0 N–H and O–H groups in total. The summed E-state index contributed by atoms with van der Waals surface area (Å²) in [6.45, 7) is 4.86. The van der Waals surface area contributed by atoms with Crippen LogP contribution in [0.3, 0.4) is 0 Å². The van der Waals surface area contributed by atoms with Crippen molar-refractivity contribution >= 4 is 34.0 Å². The maximum atomic E-state index is 12.7. The third-order valence-corrected chi connectivity index (χ3v) is 6.36. The van der Waals surface area contributed by atoms with Gasteiger partial charge in [-0.05, 0) is 31.2 Å². The zero-order valence-electron chi connectivity index (χ0n) is 13.3. The number of nitrogens with zero attached hydrogens (tertiary/aromatic N) is 2. The normalized spacial score (nSPS) is 16.8. The largest absolute Gasteiger partial charge is 0.465 e. The van der Waals surface area contributed by atoms with Crippen LogP contribution in [0.5, 0.6) is 0 Å². The molecule has 1 fully saturated rings. The highest BCUT2D eigenvalue weighted by Crippen LogP contribution is 2.25. The van der Waals surface area contributed by atoms with Gasteiger partial charge in [0, 0.05) is 26.2 Å². The van der Waals surface area contributed by atoms with Crippen LogP contribution >= 0.6 is 24.0 Å². The van der Waals surface area contributed by atoms with Crippen LogP contribution in [-0.4, -0.2) is 43.8 Å². The van der Waals surface area contributed by atoms with Crippen LogP contribution in [-0.2, 0) is 16.6 Å². The van der Waals surface area contributed by atoms with E-state index in [4.69, 9.17) is 16.0 Å². The van der Waals surface area contributed by atoms with E-state index in [-0.39, 0.29) is 22.3 Å². The van der Waals surface area contributed by atoms with E-state index in [2.05, 4.69) is 4.90 Å². The average molecular weight is 391 g/mol. The standard InChI is InChI=1S/C16H19ClN2O3S.ClH/c1-13-6-7-14(22-13)12-18-8-10-19(11-9-18)23(20,21)16-5-3-2-4-15(16)17;/h2-7H,8-12H2,1H3;1H. The molecule has 8 heteroatoms. The maximum Gasteiger partial charge on any atom is 0.244 e. The minimum atomic E-state index is -3.53. The molecule has 1 aromatic carbocycles. The summed E-state index contributed by atoms with van der Waals surface area (Å²) in [7, 11) is -3.53. The monoisotopic (exact) mass is 390 g/mol. The first-order valence-electron chi connectivity index (χ1n) is 7.49. The van der Waals surface area contributed by atoms with Crippen molar-refractivity contribution in [1.29, 1.82) is 0 Å². The number of aryl methyl sites for hydroxylation is 1. The van der Waals surface area contributed by atoms with Crippen LogP contribution in [0, 0.1) is 6.92 Å². The molecule has 1 saturated heterocycles. The molecular formula is C16H20Cl2N2O3S. The lowest BCUT2D eigenvalue weighted by atomic mass is 10.3. The van der Waals surface area contributed by atoms with Gasteiger partial charge in [0.15, 0.2) is 0 Å². The number of hydrogen-bond donors (Lipinski definition) is 0. The van der Waals surface area contributed by atoms with Crippen LogP contribution in [0.1, 0.15) is 11.5 Å². The predicted molar refractivity (Wildman–Crippen MR) is 96.2 cm³/mol. The summed E-state index contributed by atoms with van der Waals surface area (Å²) in [4.78, 5) is 2.37. The lowest BCUT2D eigenvalue weighted by Crippen LogP contribution is -2.48. The highest BCUT2D eigenvalue weighted by molar-refractivity contribution is 7.89. The fourth-order valence-electron chi connectivity index (χ4n) is 2.71. The molecule has 1 aromatic heterocycles. The van der Waals surface area contributed by atoms with Gasteiger partial charge in [-0.1, -0.05) is 23.7 Å². The summed E-state index contributed by atoms with van der Waals surface area (Å²) in [6.07, 6.45) is 0. The Morgan fingerprint density at radius 1 is 1.08 bits per heavy atom. The quantitative estimate of drug-likeness (QED) is 0.804. The third kappa shape index (κ3) is 4.13. The van der Waals surface area contributed by atoms with Gasteiger partial charge in [-0.25, -0.2) is 8.42 Å². The van der Waals surface area contributed by atoms with Gasteiger partial charge in [0.25, 0.3) is 0 Å². The zero-order chi connectivity index (χ0) is 16.4. The smallest absolute Gasteiger partial charge is 0.244 e. The van der Waals surface area contributed by atoms with E-state index < -0.39 is 10.0 Å². The van der Waals surface area contributed by atoms with Crippen LogP contribution in [0.15, 0.2) is 45.7 Å². The Labute approximate surface area is 153 Å². The van der Waals surface area contributed by atoms with Crippen LogP contribution in [0.2, 0.25) is 5.02 Å². The minimum absolute atomic E-state index is 0. The molecule has 2 aromatic rings. The van der Waals surface area contributed by atoms with Crippen LogP contribution in [0.4, 0.5) is 0 Å². The number of hydrogen-bond acceptors (Lipinski definition) is 4. The molecule has 0 spiro atoms. The van der Waals surface area contributed by atoms with E-state index in [1.807, 2.05) is 19.1 Å². The molecule has 1 aliphatic rings. The minimum Gasteiger partial charge on any atom is -0.465 e. The van der Waals surface area contributed by atoms with Crippen molar-refractivity contribution in [3.63, 3.8) is 0 Å². The summed E-state index contributed by atoms with van der Waals surface area (Å²) >= 11 is 6.04. The molecule has 0 aliphatic carbocycles. The highest BCUT2D eigenvalue weighted by Gasteiger charge is 2.30. The van der Waals surface area contributed by atoms with Gasteiger partial charge in [-0.2, -0.15) is 4.31 Å². The lowest BCUT2D eigenvalue weighted by molar-refractivity contribution is 0.170. The lowest BCUT2D eigenvalue weighted by Gasteiger charge is -2.33. The van der Waals surface area contributed by atoms with E-state index in [1.54, 1.807) is 24.3 Å². The first kappa shape index (κ1) is 19.3. The summed E-state index contributed by atoms with van der Waals surface area (Å²) in [5.41, 5.74) is 0. The van der Waals surface area contributed by atoms with E-state index in [0.717, 1.165) is 11.5 Å². The van der Waals surface area contributed by atoms with E-state index >= 15 is 0 Å². The zero-order valence-corrected chi connectivity index (χ0v) is 15.7. The number of rotatable bonds is 4. The van der Waals surface area contributed by atoms with Gasteiger partial charge in [0.05, 0.1) is 11.6 Å². The molecule has 132 valence electrons. The van der Waals surface area contributed by atoms with Crippen molar-refractivity contribution in [3.8, 4) is 0 Å². The predicted octanol–water partition coefficient (Wildman–Crippen LogP) is 3.17. The molecule has 3 rings (SSSR count). The van der Waals surface area contributed by atoms with Crippen molar-refractivity contribution in [1.82, 2.24) is 9.21 Å². The second-order valence-corrected chi connectivity index (χ2v) is 7.94. The van der Waals surface area contributed by atoms with Crippen molar-refractivity contribution in [2.24, 2.45) is 0 Å². The Morgan fingerprint density at radius 3 is 2.33 bits per heavy atom. The molecular weight excluding hydrogens is 371 g/mol. The maximum absolute atomic E-state index is 12.7. The van der Waals surface area contributed by atoms with Gasteiger partial charge >= 0.3 is 0 Å². The van der Waals surface area contributed by atoms with Gasteiger partial charge in [-0.15, -0.1) is 12.4 Å². The van der Waals surface area contributed by atoms with Crippen LogP contribution < -0.4 is 0 Å². The molecule has 2 heterocycles. The number of piperazine rings is 1. The third-order valence-electron chi connectivity index (χ3n) is 3.96. The Bertz CT molecular complexity index is 784. The fourth-order valence-corrected chi connectivity index (χ4v) is 4.63. The summed E-state index contributed by atoms with van der Waals surface area (Å²) in [5, 5.41) is 0.265. The Hall–Kier alpha value is -1.05. The second-order valence-electron chi connectivity index (χ2n) is 5.62. The second kappa shape index (κ2) is 7.89. The molecule has 0 unspecified atom stereocenters. The van der Waals surface area contributed by atoms with Crippen molar-refractivity contribution in [3.05, 3.63) is 52.9 Å². The van der Waals surface area contributed by atoms with E-state index in [0.29, 0.717) is 32.7 Å². The van der Waals surface area contributed by atoms with E-state index in [1.165, 1.54) is 4.31 Å². The Balaban J connectivity index is 0.00000208. The SMILES string of the molecule is Cc1ccc(CN2CCN(S(=O)(=O)c3ccccc3Cl)CC2)o1.Cl. The number of sulfonamides is 1. The molecule has 24 heavy (non-hydrogen) atoms. The Kier molecular flexibility index (Phi) is 6.33. The highest BCUT2D eigenvalue weighted by atomic mass is 35.5. The average Bonchev–Trinajstić information content (AvgIpc) is 2.93. The van der Waals surface area contributed by atoms with Crippen molar-refractivity contribution in [2.45, 2.75) is 18.4 Å². The summed E-state index contributed by atoms with van der Waals surface area (Å²) in [5.74, 6) is 1.80. The number of halogens is 2. The molecule has 0 saturated carbocycles. The molecule has 0 radical (unpaired) electrons. The first-order chi connectivity index (χ1) is 11.0. The molecule has 1 aliphatic heterocycles. The van der Waals surface area contributed by atoms with Crippen LogP contribution in [0.25, 0.3) is 0 Å². The summed E-state index contributed by atoms with van der Waals surface area (Å²) < 4.78 is 32.4. The fraction of sp³-hybridized carbons (Fsp3) is 0.375. The van der Waals surface area contributed by atoms with Gasteiger partial charge in [-0.3, -0.25) is 4.90 Å². The molecule has 0 amide bonds. The van der Waals surface area contributed by atoms with Crippen molar-refractivity contribution < 1.29 is 12.8 Å². The van der Waals surface area contributed by atoms with Crippen molar-refractivity contribution in [2.75, 3.05) is 26.2 Å². The molecule has 5 nitrogen and oxygen atoms in total. The first-order valence-corrected chi connectivity index (χ1v) is 9.31. The number of benzene rings is 1. The van der Waals surface area contributed by atoms with Gasteiger partial charge < -0.3 is 4.42 Å². The Morgan fingerprint density at radius 2 is 1.75 bits per heavy atom. The molecule has 0 bridgehead atoms.